The zero-order chi connectivity index (χ0) is 22.0. The van der Waals surface area contributed by atoms with Crippen LogP contribution in [0.2, 0.25) is 0 Å². The Bertz CT molecular complexity index is 1270. The molecule has 158 valence electrons. The van der Waals surface area contributed by atoms with Gasteiger partial charge >= 0.3 is 0 Å². The highest BCUT2D eigenvalue weighted by molar-refractivity contribution is 6.02. The lowest BCUT2D eigenvalue weighted by Crippen LogP contribution is -2.13. The van der Waals surface area contributed by atoms with Gasteiger partial charge in [0.2, 0.25) is 0 Å². The van der Waals surface area contributed by atoms with Gasteiger partial charge in [-0.3, -0.25) is 14.5 Å². The first-order valence-electron chi connectivity index (χ1n) is 9.27. The molecule has 0 saturated heterocycles. The number of methoxy groups -OCH3 is 2. The summed E-state index contributed by atoms with van der Waals surface area (Å²) in [5.74, 6) is 0.354. The van der Waals surface area contributed by atoms with E-state index >= 15 is 0 Å². The lowest BCUT2D eigenvalue weighted by atomic mass is 10.2. The highest BCUT2D eigenvalue weighted by Gasteiger charge is 2.14. The zero-order valence-electron chi connectivity index (χ0n) is 17.0. The van der Waals surface area contributed by atoms with Crippen molar-refractivity contribution in [1.82, 2.24) is 14.8 Å². The Morgan fingerprint density at radius 3 is 2.45 bits per heavy atom. The maximum absolute atomic E-state index is 14.7. The molecule has 31 heavy (non-hydrogen) atoms. The van der Waals surface area contributed by atoms with Gasteiger partial charge in [0.15, 0.2) is 28.8 Å². The number of nitrogens with zero attached hydrogens (tertiary/aromatic N) is 3. The van der Waals surface area contributed by atoms with Crippen LogP contribution in [-0.4, -0.2) is 34.9 Å². The number of aryl methyl sites for hydroxylation is 1. The van der Waals surface area contributed by atoms with Gasteiger partial charge in [0, 0.05) is 42.6 Å². The van der Waals surface area contributed by atoms with E-state index in [4.69, 9.17) is 14.2 Å². The Balaban J connectivity index is 1.59. The van der Waals surface area contributed by atoms with Gasteiger partial charge in [0.25, 0.3) is 5.91 Å². The van der Waals surface area contributed by atoms with Gasteiger partial charge in [0.05, 0.1) is 19.7 Å². The molecule has 0 unspecified atom stereocenters. The molecule has 4 aromatic rings. The van der Waals surface area contributed by atoms with Gasteiger partial charge in [-0.15, -0.1) is 0 Å². The Labute approximate surface area is 177 Å². The predicted octanol–water partition coefficient (Wildman–Crippen LogP) is 4.17. The minimum absolute atomic E-state index is 0.00174. The van der Waals surface area contributed by atoms with E-state index in [0.717, 1.165) is 0 Å². The summed E-state index contributed by atoms with van der Waals surface area (Å²) in [6.45, 7) is 0. The van der Waals surface area contributed by atoms with Crippen molar-refractivity contribution in [2.75, 3.05) is 19.5 Å². The van der Waals surface area contributed by atoms with Gasteiger partial charge in [-0.2, -0.15) is 5.10 Å². The number of carbonyl (C=O) groups excluding carboxylic acids is 1. The first kappa shape index (κ1) is 20.1. The van der Waals surface area contributed by atoms with E-state index in [9.17, 15) is 9.18 Å². The van der Waals surface area contributed by atoms with Crippen LogP contribution in [0, 0.1) is 5.82 Å². The average Bonchev–Trinajstić information content (AvgIpc) is 3.21. The molecule has 8 nitrogen and oxygen atoms in total. The maximum atomic E-state index is 14.7. The maximum Gasteiger partial charge on any atom is 0.276 e. The summed E-state index contributed by atoms with van der Waals surface area (Å²) in [4.78, 5) is 16.5. The van der Waals surface area contributed by atoms with Crippen molar-refractivity contribution >= 4 is 22.5 Å². The number of benzene rings is 2. The van der Waals surface area contributed by atoms with Gasteiger partial charge in [-0.1, -0.05) is 0 Å². The number of pyridine rings is 1. The molecule has 0 aliphatic heterocycles. The van der Waals surface area contributed by atoms with Crippen LogP contribution < -0.4 is 19.5 Å². The second-order valence-electron chi connectivity index (χ2n) is 6.61. The molecular weight excluding hydrogens is 403 g/mol. The Morgan fingerprint density at radius 1 is 1.00 bits per heavy atom. The average molecular weight is 422 g/mol. The fraction of sp³-hybridized carbons (Fsp3) is 0.136. The summed E-state index contributed by atoms with van der Waals surface area (Å²) < 4.78 is 32.6. The smallest absolute Gasteiger partial charge is 0.276 e. The van der Waals surface area contributed by atoms with Crippen LogP contribution in [-0.2, 0) is 7.05 Å². The summed E-state index contributed by atoms with van der Waals surface area (Å²) in [5, 5.41) is 7.26. The van der Waals surface area contributed by atoms with Crippen molar-refractivity contribution in [2.45, 2.75) is 0 Å². The molecule has 0 radical (unpaired) electrons. The number of rotatable bonds is 6. The van der Waals surface area contributed by atoms with E-state index in [1.807, 2.05) is 0 Å². The lowest BCUT2D eigenvalue weighted by Gasteiger charge is -2.13. The van der Waals surface area contributed by atoms with Gasteiger partial charge in [-0.05, 0) is 30.3 Å². The molecule has 0 spiro atoms. The zero-order valence-corrected chi connectivity index (χ0v) is 17.0. The summed E-state index contributed by atoms with van der Waals surface area (Å²) in [5.41, 5.74) is 1.12. The number of fused-ring (bicyclic) bond motifs is 1. The molecule has 2 aromatic heterocycles. The third-order valence-electron chi connectivity index (χ3n) is 4.56. The van der Waals surface area contributed by atoms with Crippen LogP contribution in [0.4, 0.5) is 10.1 Å². The van der Waals surface area contributed by atoms with Crippen LogP contribution >= 0.6 is 0 Å². The number of hydrogen-bond donors (Lipinski definition) is 1. The van der Waals surface area contributed by atoms with Crippen molar-refractivity contribution in [3.05, 3.63) is 66.4 Å². The van der Waals surface area contributed by atoms with Crippen LogP contribution in [0.25, 0.3) is 10.9 Å². The van der Waals surface area contributed by atoms with E-state index in [0.29, 0.717) is 28.2 Å². The van der Waals surface area contributed by atoms with E-state index in [-0.39, 0.29) is 17.1 Å². The van der Waals surface area contributed by atoms with E-state index in [2.05, 4.69) is 15.4 Å². The van der Waals surface area contributed by atoms with Crippen LogP contribution in [0.3, 0.4) is 0 Å². The number of ether oxygens (including phenoxy) is 3. The second-order valence-corrected chi connectivity index (χ2v) is 6.61. The molecule has 1 amide bonds. The Morgan fingerprint density at radius 2 is 1.77 bits per heavy atom. The number of amides is 1. The van der Waals surface area contributed by atoms with Crippen molar-refractivity contribution in [2.24, 2.45) is 7.05 Å². The molecule has 4 rings (SSSR count). The molecule has 0 bridgehead atoms. The first-order valence-corrected chi connectivity index (χ1v) is 9.27. The van der Waals surface area contributed by atoms with Crippen LogP contribution in [0.5, 0.6) is 23.0 Å². The number of hydrogen-bond acceptors (Lipinski definition) is 6. The summed E-state index contributed by atoms with van der Waals surface area (Å²) in [6, 6.07) is 10.8. The predicted molar refractivity (Wildman–Crippen MR) is 112 cm³/mol. The molecule has 9 heteroatoms. The monoisotopic (exact) mass is 422 g/mol. The number of carbonyl (C=O) groups is 1. The van der Waals surface area contributed by atoms with E-state index < -0.39 is 11.7 Å². The molecule has 2 aromatic carbocycles. The standard InChI is InChI=1S/C22H19FN4O4/c1-27-9-7-16(26-27)22(28)25-13-4-5-19(15(23)10-13)31-18-6-8-24-17-12-21(30-3)20(29-2)11-14(17)18/h4-12H,1-3H3,(H,25,28). The molecule has 0 saturated carbocycles. The lowest BCUT2D eigenvalue weighted by molar-refractivity contribution is 0.102. The van der Waals surface area contributed by atoms with Crippen LogP contribution in [0.15, 0.2) is 54.9 Å². The van der Waals surface area contributed by atoms with Gasteiger partial charge < -0.3 is 19.5 Å². The molecule has 1 N–H and O–H groups in total. The fourth-order valence-electron chi connectivity index (χ4n) is 3.05. The van der Waals surface area contributed by atoms with Crippen molar-refractivity contribution < 1.29 is 23.4 Å². The Kier molecular flexibility index (Phi) is 5.40. The quantitative estimate of drug-likeness (QED) is 0.502. The molecular formula is C22H19FN4O4. The molecule has 0 aliphatic rings. The van der Waals surface area contributed by atoms with Crippen LogP contribution in [0.1, 0.15) is 10.5 Å². The molecule has 0 fully saturated rings. The summed E-state index contributed by atoms with van der Waals surface area (Å²) in [7, 11) is 4.77. The number of halogens is 1. The third-order valence-corrected chi connectivity index (χ3v) is 4.56. The largest absolute Gasteiger partial charge is 0.493 e. The first-order chi connectivity index (χ1) is 15.0. The van der Waals surface area contributed by atoms with Crippen molar-refractivity contribution in [1.29, 1.82) is 0 Å². The molecule has 0 atom stereocenters. The van der Waals surface area contributed by atoms with E-state index in [1.165, 1.54) is 31.0 Å². The van der Waals surface area contributed by atoms with Crippen molar-refractivity contribution in [3.8, 4) is 23.0 Å². The third kappa shape index (κ3) is 4.11. The highest BCUT2D eigenvalue weighted by Crippen LogP contribution is 2.37. The topological polar surface area (TPSA) is 87.5 Å². The minimum Gasteiger partial charge on any atom is -0.493 e. The van der Waals surface area contributed by atoms with Gasteiger partial charge in [0.1, 0.15) is 5.75 Å². The summed E-state index contributed by atoms with van der Waals surface area (Å²) >= 11 is 0. The number of nitrogens with one attached hydrogen (secondary N) is 1. The number of anilines is 1. The fourth-order valence-corrected chi connectivity index (χ4v) is 3.05. The van der Waals surface area contributed by atoms with E-state index in [1.54, 1.807) is 49.8 Å². The molecule has 0 aliphatic carbocycles. The highest BCUT2D eigenvalue weighted by atomic mass is 19.1. The number of aromatic nitrogens is 3. The Hall–Kier alpha value is -4.14. The second kappa shape index (κ2) is 8.31. The SMILES string of the molecule is COc1cc2nccc(Oc3ccc(NC(=O)c4ccn(C)n4)cc3F)c2cc1OC. The normalized spacial score (nSPS) is 10.7. The minimum atomic E-state index is -0.635. The molecule has 2 heterocycles. The van der Waals surface area contributed by atoms with Crippen molar-refractivity contribution in [3.63, 3.8) is 0 Å². The van der Waals surface area contributed by atoms with Gasteiger partial charge in [-0.25, -0.2) is 4.39 Å². The summed E-state index contributed by atoms with van der Waals surface area (Å²) in [6.07, 6.45) is 3.21.